The van der Waals surface area contributed by atoms with Crippen LogP contribution in [-0.2, 0) is 19.1 Å². The Morgan fingerprint density at radius 1 is 0.853 bits per heavy atom. The van der Waals surface area contributed by atoms with Crippen molar-refractivity contribution in [3.8, 4) is 0 Å². The molecule has 0 aromatic heterocycles. The van der Waals surface area contributed by atoms with Crippen LogP contribution in [0.5, 0.6) is 0 Å². The third-order valence-electron chi connectivity index (χ3n) is 5.61. The zero-order chi connectivity index (χ0) is 25.8. The monoisotopic (exact) mass is 483 g/mol. The number of aliphatic imine (C=N–C) groups is 1. The molecule has 0 saturated heterocycles. The number of carbonyl (C=O) groups is 3. The molecule has 0 aliphatic carbocycles. The average molecular weight is 484 g/mol. The molecular formula is C25H49N5O4. The molecule has 0 saturated carbocycles. The van der Waals surface area contributed by atoms with E-state index in [4.69, 9.17) is 16.2 Å². The van der Waals surface area contributed by atoms with Crippen LogP contribution in [0.15, 0.2) is 4.99 Å². The van der Waals surface area contributed by atoms with Crippen molar-refractivity contribution < 1.29 is 19.1 Å². The molecule has 2 amide bonds. The quantitative estimate of drug-likeness (QED) is 0.0904. The maximum atomic E-state index is 12.9. The zero-order valence-corrected chi connectivity index (χ0v) is 21.9. The van der Waals surface area contributed by atoms with Crippen LogP contribution in [0.1, 0.15) is 104 Å². The van der Waals surface area contributed by atoms with Gasteiger partial charge >= 0.3 is 5.97 Å². The van der Waals surface area contributed by atoms with Crippen molar-refractivity contribution in [2.45, 2.75) is 116 Å². The van der Waals surface area contributed by atoms with Crippen molar-refractivity contribution in [3.63, 3.8) is 0 Å². The predicted molar refractivity (Wildman–Crippen MR) is 137 cm³/mol. The maximum absolute atomic E-state index is 12.9. The molecule has 0 aromatic carbocycles. The number of hydrogen-bond donors (Lipinski definition) is 4. The van der Waals surface area contributed by atoms with E-state index in [9.17, 15) is 14.4 Å². The number of unbranched alkanes of at least 4 members (excludes halogenated alkanes) is 8. The Balaban J connectivity index is 4.59. The largest absolute Gasteiger partial charge is 0.467 e. The van der Waals surface area contributed by atoms with Gasteiger partial charge in [-0.1, -0.05) is 72.1 Å². The Morgan fingerprint density at radius 3 is 1.97 bits per heavy atom. The molecule has 0 fully saturated rings. The molecule has 6 N–H and O–H groups in total. The van der Waals surface area contributed by atoms with Gasteiger partial charge in [0.15, 0.2) is 5.96 Å². The van der Waals surface area contributed by atoms with Gasteiger partial charge in [0.1, 0.15) is 12.1 Å². The first-order valence-electron chi connectivity index (χ1n) is 12.9. The summed E-state index contributed by atoms with van der Waals surface area (Å²) in [6, 6.07) is -1.52. The van der Waals surface area contributed by atoms with E-state index in [-0.39, 0.29) is 23.7 Å². The number of nitrogens with two attached hydrogens (primary N) is 2. The SMILES string of the molecule is CCCCCCCCCCCC(=O)NC(CC(C)C)C(=O)NC(CCCN=C(N)N)C(=O)OC. The molecule has 2 atom stereocenters. The van der Waals surface area contributed by atoms with Crippen molar-refractivity contribution in [2.75, 3.05) is 13.7 Å². The number of nitrogens with one attached hydrogen (secondary N) is 2. The zero-order valence-electron chi connectivity index (χ0n) is 21.9. The van der Waals surface area contributed by atoms with Crippen molar-refractivity contribution in [1.29, 1.82) is 0 Å². The third kappa shape index (κ3) is 17.2. The van der Waals surface area contributed by atoms with Crippen LogP contribution in [0.25, 0.3) is 0 Å². The van der Waals surface area contributed by atoms with Crippen molar-refractivity contribution >= 4 is 23.7 Å². The van der Waals surface area contributed by atoms with Gasteiger partial charge in [-0.3, -0.25) is 14.6 Å². The molecule has 0 rings (SSSR count). The first-order valence-corrected chi connectivity index (χ1v) is 12.9. The van der Waals surface area contributed by atoms with E-state index in [1.54, 1.807) is 0 Å². The fourth-order valence-electron chi connectivity index (χ4n) is 3.73. The molecule has 0 spiro atoms. The van der Waals surface area contributed by atoms with Crippen molar-refractivity contribution in [2.24, 2.45) is 22.4 Å². The topological polar surface area (TPSA) is 149 Å². The van der Waals surface area contributed by atoms with Gasteiger partial charge in [0.05, 0.1) is 7.11 Å². The standard InChI is InChI=1S/C25H49N5O4/c1-5-6-7-8-9-10-11-12-13-16-22(31)29-21(18-19(2)3)23(32)30-20(24(33)34-4)15-14-17-28-25(26)27/h19-21H,5-18H2,1-4H3,(H,29,31)(H,30,32)(H4,26,27,28). The number of carbonyl (C=O) groups excluding carboxylic acids is 3. The minimum Gasteiger partial charge on any atom is -0.467 e. The predicted octanol–water partition coefficient (Wildman–Crippen LogP) is 3.15. The Morgan fingerprint density at radius 2 is 1.44 bits per heavy atom. The van der Waals surface area contributed by atoms with Crippen LogP contribution in [0.2, 0.25) is 0 Å². The number of methoxy groups -OCH3 is 1. The van der Waals surface area contributed by atoms with Gasteiger partial charge in [0.25, 0.3) is 0 Å². The highest BCUT2D eigenvalue weighted by molar-refractivity contribution is 5.90. The summed E-state index contributed by atoms with van der Waals surface area (Å²) in [5.41, 5.74) is 10.6. The van der Waals surface area contributed by atoms with Crippen LogP contribution in [-0.4, -0.2) is 49.5 Å². The molecule has 0 heterocycles. The Labute approximate surface area is 206 Å². The van der Waals surface area contributed by atoms with E-state index in [1.165, 1.54) is 45.6 Å². The number of ether oxygens (including phenoxy) is 1. The Hall–Kier alpha value is -2.32. The van der Waals surface area contributed by atoms with E-state index in [0.717, 1.165) is 19.3 Å². The van der Waals surface area contributed by atoms with E-state index in [1.807, 2.05) is 13.8 Å². The van der Waals surface area contributed by atoms with Gasteiger partial charge < -0.3 is 26.8 Å². The highest BCUT2D eigenvalue weighted by Crippen LogP contribution is 2.11. The van der Waals surface area contributed by atoms with Gasteiger partial charge in [-0.25, -0.2) is 4.79 Å². The van der Waals surface area contributed by atoms with Crippen molar-refractivity contribution in [1.82, 2.24) is 10.6 Å². The minimum absolute atomic E-state index is 0.0228. The lowest BCUT2D eigenvalue weighted by molar-refractivity contribution is -0.145. The number of esters is 1. The lowest BCUT2D eigenvalue weighted by Crippen LogP contribution is -2.52. The van der Waals surface area contributed by atoms with Crippen LogP contribution in [0.3, 0.4) is 0 Å². The highest BCUT2D eigenvalue weighted by atomic mass is 16.5. The van der Waals surface area contributed by atoms with Gasteiger partial charge in [0, 0.05) is 13.0 Å². The minimum atomic E-state index is -0.824. The number of guanidine groups is 1. The summed E-state index contributed by atoms with van der Waals surface area (Å²) in [6.07, 6.45) is 12.3. The fraction of sp³-hybridized carbons (Fsp3) is 0.840. The molecule has 9 heteroatoms. The molecule has 2 unspecified atom stereocenters. The fourth-order valence-corrected chi connectivity index (χ4v) is 3.73. The van der Waals surface area contributed by atoms with E-state index >= 15 is 0 Å². The Bertz CT molecular complexity index is 606. The second kappa shape index (κ2) is 20.1. The molecule has 0 aliphatic rings. The van der Waals surface area contributed by atoms with E-state index in [2.05, 4.69) is 22.5 Å². The maximum Gasteiger partial charge on any atom is 0.328 e. The first-order chi connectivity index (χ1) is 16.2. The summed E-state index contributed by atoms with van der Waals surface area (Å²) < 4.78 is 4.82. The number of rotatable bonds is 20. The molecule has 0 bridgehead atoms. The van der Waals surface area contributed by atoms with Gasteiger partial charge in [-0.05, 0) is 31.6 Å². The molecule has 9 nitrogen and oxygen atoms in total. The normalized spacial score (nSPS) is 12.6. The number of amides is 2. The summed E-state index contributed by atoms with van der Waals surface area (Å²) >= 11 is 0. The summed E-state index contributed by atoms with van der Waals surface area (Å²) in [5, 5.41) is 5.59. The first kappa shape index (κ1) is 31.7. The smallest absolute Gasteiger partial charge is 0.328 e. The van der Waals surface area contributed by atoms with Gasteiger partial charge in [-0.15, -0.1) is 0 Å². The summed E-state index contributed by atoms with van der Waals surface area (Å²) in [6.45, 7) is 6.53. The molecule has 0 aliphatic heterocycles. The van der Waals surface area contributed by atoms with Crippen LogP contribution < -0.4 is 22.1 Å². The third-order valence-corrected chi connectivity index (χ3v) is 5.61. The summed E-state index contributed by atoms with van der Waals surface area (Å²) in [7, 11) is 1.27. The molecule has 0 aromatic rings. The molecular weight excluding hydrogens is 434 g/mol. The lowest BCUT2D eigenvalue weighted by Gasteiger charge is -2.23. The van der Waals surface area contributed by atoms with Crippen LogP contribution in [0, 0.1) is 5.92 Å². The number of nitrogens with zero attached hydrogens (tertiary/aromatic N) is 1. The lowest BCUT2D eigenvalue weighted by atomic mass is 10.0. The molecule has 34 heavy (non-hydrogen) atoms. The summed E-state index contributed by atoms with van der Waals surface area (Å²) in [5.74, 6) is -0.882. The Kier molecular flexibility index (Phi) is 18.7. The van der Waals surface area contributed by atoms with Gasteiger partial charge in [-0.2, -0.15) is 0 Å². The average Bonchev–Trinajstić information content (AvgIpc) is 2.78. The van der Waals surface area contributed by atoms with Crippen LogP contribution >= 0.6 is 0 Å². The second-order valence-electron chi connectivity index (χ2n) is 9.36. The highest BCUT2D eigenvalue weighted by Gasteiger charge is 2.27. The van der Waals surface area contributed by atoms with Crippen LogP contribution in [0.4, 0.5) is 0 Å². The van der Waals surface area contributed by atoms with Crippen molar-refractivity contribution in [3.05, 3.63) is 0 Å². The van der Waals surface area contributed by atoms with E-state index in [0.29, 0.717) is 32.2 Å². The molecule has 198 valence electrons. The molecule has 0 radical (unpaired) electrons. The van der Waals surface area contributed by atoms with E-state index < -0.39 is 18.1 Å². The summed E-state index contributed by atoms with van der Waals surface area (Å²) in [4.78, 5) is 41.4. The second-order valence-corrected chi connectivity index (χ2v) is 9.36. The van der Waals surface area contributed by atoms with Gasteiger partial charge in [0.2, 0.25) is 11.8 Å². The number of hydrogen-bond acceptors (Lipinski definition) is 5.